The predicted octanol–water partition coefficient (Wildman–Crippen LogP) is 2.46. The van der Waals surface area contributed by atoms with E-state index in [1.54, 1.807) is 7.11 Å². The molecule has 1 aliphatic heterocycles. The van der Waals surface area contributed by atoms with Crippen LogP contribution in [0.2, 0.25) is 0 Å². The fourth-order valence-corrected chi connectivity index (χ4v) is 3.24. The van der Waals surface area contributed by atoms with E-state index in [1.165, 1.54) is 18.4 Å². The van der Waals surface area contributed by atoms with Gasteiger partial charge in [0.25, 0.3) is 0 Å². The summed E-state index contributed by atoms with van der Waals surface area (Å²) >= 11 is 0. The van der Waals surface area contributed by atoms with Gasteiger partial charge in [-0.05, 0) is 51.1 Å². The van der Waals surface area contributed by atoms with Crippen LogP contribution in [0.15, 0.2) is 24.3 Å². The van der Waals surface area contributed by atoms with E-state index in [-0.39, 0.29) is 0 Å². The summed E-state index contributed by atoms with van der Waals surface area (Å²) in [5.74, 6) is 0.902. The van der Waals surface area contributed by atoms with Crippen molar-refractivity contribution in [3.05, 3.63) is 29.8 Å². The Hall–Kier alpha value is -1.10. The van der Waals surface area contributed by atoms with Crippen LogP contribution in [0.5, 0.6) is 5.75 Å². The summed E-state index contributed by atoms with van der Waals surface area (Å²) in [7, 11) is 5.55. The molecule has 0 spiro atoms. The molecule has 1 heterocycles. The molecule has 118 valence electrons. The van der Waals surface area contributed by atoms with Gasteiger partial charge in [-0.3, -0.25) is 4.90 Å². The van der Waals surface area contributed by atoms with Gasteiger partial charge in [-0.15, -0.1) is 0 Å². The molecular formula is C17H28N2O2. The molecule has 0 saturated carbocycles. The van der Waals surface area contributed by atoms with Crippen molar-refractivity contribution in [3.8, 4) is 5.75 Å². The van der Waals surface area contributed by atoms with Crippen LogP contribution in [0, 0.1) is 0 Å². The van der Waals surface area contributed by atoms with E-state index in [4.69, 9.17) is 9.47 Å². The number of nitrogens with zero attached hydrogens (tertiary/aromatic N) is 1. The maximum atomic E-state index is 5.54. The summed E-state index contributed by atoms with van der Waals surface area (Å²) in [6.45, 7) is 4.46. The normalized spacial score (nSPS) is 22.8. The van der Waals surface area contributed by atoms with Crippen LogP contribution < -0.4 is 10.1 Å². The zero-order valence-corrected chi connectivity index (χ0v) is 13.6. The van der Waals surface area contributed by atoms with Crippen molar-refractivity contribution in [1.29, 1.82) is 0 Å². The molecule has 0 aliphatic carbocycles. The minimum Gasteiger partial charge on any atom is -0.497 e. The van der Waals surface area contributed by atoms with Crippen LogP contribution in [0.3, 0.4) is 0 Å². The first-order valence-electron chi connectivity index (χ1n) is 7.77. The summed E-state index contributed by atoms with van der Waals surface area (Å²) in [4.78, 5) is 2.53. The van der Waals surface area contributed by atoms with Gasteiger partial charge in [-0.2, -0.15) is 0 Å². The second-order valence-corrected chi connectivity index (χ2v) is 5.77. The lowest BCUT2D eigenvalue weighted by Gasteiger charge is -2.39. The highest BCUT2D eigenvalue weighted by atomic mass is 16.5. The van der Waals surface area contributed by atoms with E-state index in [2.05, 4.69) is 29.3 Å². The van der Waals surface area contributed by atoms with E-state index in [0.29, 0.717) is 18.2 Å². The third-order valence-corrected chi connectivity index (χ3v) is 4.59. The van der Waals surface area contributed by atoms with Gasteiger partial charge in [-0.25, -0.2) is 0 Å². The SMILES string of the molecule is CNC(c1ccc(OC)cc1)C(C)N1CCCC(OC)C1. The Kier molecular flexibility index (Phi) is 6.03. The van der Waals surface area contributed by atoms with Gasteiger partial charge >= 0.3 is 0 Å². The molecule has 0 radical (unpaired) electrons. The Morgan fingerprint density at radius 2 is 1.95 bits per heavy atom. The molecule has 1 fully saturated rings. The van der Waals surface area contributed by atoms with E-state index in [1.807, 2.05) is 26.3 Å². The highest BCUT2D eigenvalue weighted by molar-refractivity contribution is 5.29. The monoisotopic (exact) mass is 292 g/mol. The fraction of sp³-hybridized carbons (Fsp3) is 0.647. The average Bonchev–Trinajstić information content (AvgIpc) is 2.56. The van der Waals surface area contributed by atoms with Gasteiger partial charge in [0.2, 0.25) is 0 Å². The Morgan fingerprint density at radius 1 is 1.24 bits per heavy atom. The van der Waals surface area contributed by atoms with Crippen molar-refractivity contribution < 1.29 is 9.47 Å². The number of rotatable bonds is 6. The molecule has 0 aromatic heterocycles. The molecule has 4 nitrogen and oxygen atoms in total. The topological polar surface area (TPSA) is 33.7 Å². The fourth-order valence-electron chi connectivity index (χ4n) is 3.24. The summed E-state index contributed by atoms with van der Waals surface area (Å²) in [6.07, 6.45) is 2.75. The molecule has 1 saturated heterocycles. The van der Waals surface area contributed by atoms with Crippen molar-refractivity contribution in [1.82, 2.24) is 10.2 Å². The lowest BCUT2D eigenvalue weighted by Crippen LogP contribution is -2.48. The summed E-state index contributed by atoms with van der Waals surface area (Å²) < 4.78 is 10.8. The number of likely N-dealkylation sites (N-methyl/N-ethyl adjacent to an activating group) is 1. The first-order valence-corrected chi connectivity index (χ1v) is 7.77. The molecule has 1 N–H and O–H groups in total. The maximum Gasteiger partial charge on any atom is 0.118 e. The molecule has 1 aromatic rings. The molecule has 0 bridgehead atoms. The molecule has 3 atom stereocenters. The number of ether oxygens (including phenoxy) is 2. The number of benzene rings is 1. The predicted molar refractivity (Wildman–Crippen MR) is 85.9 cm³/mol. The molecule has 0 amide bonds. The van der Waals surface area contributed by atoms with E-state index < -0.39 is 0 Å². The Morgan fingerprint density at radius 3 is 2.52 bits per heavy atom. The number of hydrogen-bond acceptors (Lipinski definition) is 4. The van der Waals surface area contributed by atoms with Gasteiger partial charge < -0.3 is 14.8 Å². The van der Waals surface area contributed by atoms with E-state index in [0.717, 1.165) is 18.8 Å². The largest absolute Gasteiger partial charge is 0.497 e. The first-order chi connectivity index (χ1) is 10.2. The van der Waals surface area contributed by atoms with E-state index in [9.17, 15) is 0 Å². The van der Waals surface area contributed by atoms with E-state index >= 15 is 0 Å². The van der Waals surface area contributed by atoms with Crippen LogP contribution in [0.4, 0.5) is 0 Å². The van der Waals surface area contributed by atoms with Gasteiger partial charge in [-0.1, -0.05) is 12.1 Å². The third-order valence-electron chi connectivity index (χ3n) is 4.59. The molecule has 2 rings (SSSR count). The van der Waals surface area contributed by atoms with Crippen molar-refractivity contribution >= 4 is 0 Å². The summed E-state index contributed by atoms with van der Waals surface area (Å²) in [6, 6.07) is 9.09. The number of likely N-dealkylation sites (tertiary alicyclic amines) is 1. The third kappa shape index (κ3) is 3.96. The van der Waals surface area contributed by atoms with Gasteiger partial charge in [0.1, 0.15) is 5.75 Å². The number of methoxy groups -OCH3 is 2. The number of hydrogen-bond donors (Lipinski definition) is 1. The Balaban J connectivity index is 2.07. The minimum absolute atomic E-state index is 0.312. The van der Waals surface area contributed by atoms with Crippen molar-refractivity contribution in [2.75, 3.05) is 34.4 Å². The van der Waals surface area contributed by atoms with Crippen LogP contribution >= 0.6 is 0 Å². The number of piperidine rings is 1. The molecular weight excluding hydrogens is 264 g/mol. The standard InChI is InChI=1S/C17H28N2O2/c1-13(19-11-5-6-16(12-19)21-4)17(18-2)14-7-9-15(20-3)10-8-14/h7-10,13,16-18H,5-6,11-12H2,1-4H3. The zero-order valence-electron chi connectivity index (χ0n) is 13.6. The summed E-state index contributed by atoms with van der Waals surface area (Å²) in [5, 5.41) is 3.46. The molecule has 1 aliphatic rings. The van der Waals surface area contributed by atoms with Gasteiger partial charge in [0.15, 0.2) is 0 Å². The molecule has 3 unspecified atom stereocenters. The first kappa shape index (κ1) is 16.3. The molecule has 21 heavy (non-hydrogen) atoms. The van der Waals surface area contributed by atoms with Gasteiger partial charge in [0.05, 0.1) is 13.2 Å². The Labute approximate surface area is 128 Å². The van der Waals surface area contributed by atoms with Crippen molar-refractivity contribution in [2.45, 2.75) is 38.0 Å². The highest BCUT2D eigenvalue weighted by Crippen LogP contribution is 2.25. The second-order valence-electron chi connectivity index (χ2n) is 5.77. The smallest absolute Gasteiger partial charge is 0.118 e. The van der Waals surface area contributed by atoms with Crippen LogP contribution in [-0.4, -0.2) is 51.4 Å². The van der Waals surface area contributed by atoms with Crippen molar-refractivity contribution in [2.24, 2.45) is 0 Å². The highest BCUT2D eigenvalue weighted by Gasteiger charge is 2.28. The average molecular weight is 292 g/mol. The second kappa shape index (κ2) is 7.78. The quantitative estimate of drug-likeness (QED) is 0.873. The number of nitrogens with one attached hydrogen (secondary N) is 1. The van der Waals surface area contributed by atoms with Gasteiger partial charge in [0, 0.05) is 25.7 Å². The lowest BCUT2D eigenvalue weighted by molar-refractivity contribution is 0.0111. The summed E-state index contributed by atoms with van der Waals surface area (Å²) in [5.41, 5.74) is 1.30. The molecule has 1 aromatic carbocycles. The Bertz CT molecular complexity index is 421. The lowest BCUT2D eigenvalue weighted by atomic mass is 9.96. The van der Waals surface area contributed by atoms with Crippen LogP contribution in [0.25, 0.3) is 0 Å². The minimum atomic E-state index is 0.312. The molecule has 4 heteroatoms. The van der Waals surface area contributed by atoms with Crippen molar-refractivity contribution in [3.63, 3.8) is 0 Å². The van der Waals surface area contributed by atoms with Crippen LogP contribution in [0.1, 0.15) is 31.4 Å². The zero-order chi connectivity index (χ0) is 15.2. The van der Waals surface area contributed by atoms with Crippen LogP contribution in [-0.2, 0) is 4.74 Å². The maximum absolute atomic E-state index is 5.54.